The highest BCUT2D eigenvalue weighted by Crippen LogP contribution is 2.45. The van der Waals surface area contributed by atoms with Crippen molar-refractivity contribution in [2.75, 3.05) is 13.1 Å². The van der Waals surface area contributed by atoms with Gasteiger partial charge < -0.3 is 0 Å². The summed E-state index contributed by atoms with van der Waals surface area (Å²) in [6, 6.07) is 18.7. The summed E-state index contributed by atoms with van der Waals surface area (Å²) in [6.45, 7) is 1.55. The fraction of sp³-hybridized carbons (Fsp3) is 0.250. The molecule has 0 saturated carbocycles. The van der Waals surface area contributed by atoms with E-state index >= 15 is 0 Å². The average molecular weight is 462 g/mol. The van der Waals surface area contributed by atoms with Crippen LogP contribution in [0.15, 0.2) is 77.7 Å². The molecule has 1 fully saturated rings. The van der Waals surface area contributed by atoms with Crippen molar-refractivity contribution in [3.05, 3.63) is 101 Å². The van der Waals surface area contributed by atoms with Crippen LogP contribution in [-0.2, 0) is 21.1 Å². The number of benzene rings is 3. The quantitative estimate of drug-likeness (QED) is 0.497. The van der Waals surface area contributed by atoms with Crippen LogP contribution in [0, 0.1) is 11.6 Å². The Kier molecular flexibility index (Phi) is 6.15. The van der Waals surface area contributed by atoms with E-state index in [1.807, 2.05) is 30.3 Å². The second kappa shape index (κ2) is 8.69. The average Bonchev–Trinajstić information content (AvgIpc) is 2.77. The van der Waals surface area contributed by atoms with Gasteiger partial charge in [-0.2, -0.15) is 0 Å². The van der Waals surface area contributed by atoms with Crippen molar-refractivity contribution in [1.29, 1.82) is 0 Å². The van der Waals surface area contributed by atoms with Gasteiger partial charge in [0.05, 0.1) is 4.90 Å². The van der Waals surface area contributed by atoms with E-state index in [0.29, 0.717) is 24.7 Å². The van der Waals surface area contributed by atoms with E-state index in [-0.39, 0.29) is 23.3 Å². The first-order valence-corrected chi connectivity index (χ1v) is 11.9. The Labute approximate surface area is 186 Å². The zero-order valence-corrected chi connectivity index (χ0v) is 18.3. The van der Waals surface area contributed by atoms with Crippen molar-refractivity contribution in [3.63, 3.8) is 0 Å². The summed E-state index contributed by atoms with van der Waals surface area (Å²) in [5.41, 5.74) is 1.01. The van der Waals surface area contributed by atoms with Crippen molar-refractivity contribution < 1.29 is 17.2 Å². The third kappa shape index (κ3) is 4.25. The number of sulfone groups is 1. The molecule has 4 rings (SSSR count). The van der Waals surface area contributed by atoms with E-state index in [0.717, 1.165) is 23.8 Å². The standard InChI is InChI=1S/C24H22ClF2NO2S/c25-19-6-9-21(10-7-19)31(29,30)24(22-16-20(26)8-11-23(22)27)12-14-28(15-13-24)17-18-4-2-1-3-5-18/h1-11,16H,12-15,17H2. The second-order valence-corrected chi connectivity index (χ2v) is 10.5. The molecule has 0 spiro atoms. The van der Waals surface area contributed by atoms with Crippen LogP contribution in [0.4, 0.5) is 8.78 Å². The monoisotopic (exact) mass is 461 g/mol. The highest BCUT2D eigenvalue weighted by Gasteiger charge is 2.49. The van der Waals surface area contributed by atoms with Crippen LogP contribution >= 0.6 is 11.6 Å². The first-order chi connectivity index (χ1) is 14.8. The molecule has 0 aliphatic carbocycles. The molecule has 1 heterocycles. The molecule has 3 aromatic carbocycles. The van der Waals surface area contributed by atoms with Crippen molar-refractivity contribution in [3.8, 4) is 0 Å². The molecule has 0 bridgehead atoms. The molecular formula is C24H22ClF2NO2S. The van der Waals surface area contributed by atoms with E-state index in [4.69, 9.17) is 11.6 Å². The number of hydrogen-bond acceptors (Lipinski definition) is 3. The zero-order chi connectivity index (χ0) is 22.1. The predicted octanol–water partition coefficient (Wildman–Crippen LogP) is 5.58. The molecule has 0 N–H and O–H groups in total. The third-order valence-electron chi connectivity index (χ3n) is 5.97. The molecule has 1 aliphatic heterocycles. The van der Waals surface area contributed by atoms with E-state index < -0.39 is 26.2 Å². The van der Waals surface area contributed by atoms with Gasteiger partial charge >= 0.3 is 0 Å². The van der Waals surface area contributed by atoms with Crippen molar-refractivity contribution in [2.24, 2.45) is 0 Å². The smallest absolute Gasteiger partial charge is 0.188 e. The van der Waals surface area contributed by atoms with Crippen LogP contribution in [0.3, 0.4) is 0 Å². The van der Waals surface area contributed by atoms with E-state index in [2.05, 4.69) is 4.90 Å². The fourth-order valence-electron chi connectivity index (χ4n) is 4.28. The molecule has 31 heavy (non-hydrogen) atoms. The molecule has 3 nitrogen and oxygen atoms in total. The minimum atomic E-state index is -4.02. The molecule has 0 unspecified atom stereocenters. The maximum absolute atomic E-state index is 14.9. The summed E-state index contributed by atoms with van der Waals surface area (Å²) in [7, 11) is -4.02. The van der Waals surface area contributed by atoms with Gasteiger partial charge in [-0.05, 0) is 60.9 Å². The molecule has 1 saturated heterocycles. The van der Waals surface area contributed by atoms with Crippen LogP contribution in [0.25, 0.3) is 0 Å². The zero-order valence-electron chi connectivity index (χ0n) is 16.8. The molecule has 7 heteroatoms. The first kappa shape index (κ1) is 21.9. The Hall–Kier alpha value is -2.28. The molecule has 0 amide bonds. The number of piperidine rings is 1. The summed E-state index contributed by atoms with van der Waals surface area (Å²) in [5, 5.41) is 0.405. The lowest BCUT2D eigenvalue weighted by Crippen LogP contribution is -2.47. The lowest BCUT2D eigenvalue weighted by molar-refractivity contribution is 0.185. The molecule has 162 valence electrons. The molecule has 0 radical (unpaired) electrons. The predicted molar refractivity (Wildman–Crippen MR) is 118 cm³/mol. The molecular weight excluding hydrogens is 440 g/mol. The molecule has 0 aromatic heterocycles. The van der Waals surface area contributed by atoms with Crippen LogP contribution in [0.1, 0.15) is 24.0 Å². The number of likely N-dealkylation sites (tertiary alicyclic amines) is 1. The Morgan fingerprint density at radius 2 is 1.55 bits per heavy atom. The minimum Gasteiger partial charge on any atom is -0.299 e. The molecule has 3 aromatic rings. The van der Waals surface area contributed by atoms with E-state index in [9.17, 15) is 17.2 Å². The Bertz CT molecular complexity index is 1160. The highest BCUT2D eigenvalue weighted by atomic mass is 35.5. The van der Waals surface area contributed by atoms with Crippen molar-refractivity contribution in [1.82, 2.24) is 4.90 Å². The lowest BCUT2D eigenvalue weighted by atomic mass is 9.87. The molecule has 1 aliphatic rings. The maximum Gasteiger partial charge on any atom is 0.188 e. The van der Waals surface area contributed by atoms with Gasteiger partial charge in [0.2, 0.25) is 0 Å². The molecule has 0 atom stereocenters. The van der Waals surface area contributed by atoms with E-state index in [1.165, 1.54) is 24.3 Å². The second-order valence-electron chi connectivity index (χ2n) is 7.84. The number of halogens is 3. The summed E-state index contributed by atoms with van der Waals surface area (Å²) < 4.78 is 55.0. The Morgan fingerprint density at radius 1 is 0.903 bits per heavy atom. The van der Waals surface area contributed by atoms with Gasteiger partial charge in [-0.25, -0.2) is 17.2 Å². The third-order valence-corrected chi connectivity index (χ3v) is 8.77. The summed E-state index contributed by atoms with van der Waals surface area (Å²) >= 11 is 5.93. The van der Waals surface area contributed by atoms with Crippen molar-refractivity contribution >= 4 is 21.4 Å². The minimum absolute atomic E-state index is 0.0528. The van der Waals surface area contributed by atoms with Gasteiger partial charge in [0, 0.05) is 30.2 Å². The summed E-state index contributed by atoms with van der Waals surface area (Å²) in [5.74, 6) is -1.37. The number of rotatable bonds is 5. The Morgan fingerprint density at radius 3 is 2.19 bits per heavy atom. The van der Waals surface area contributed by atoms with Crippen LogP contribution in [0.2, 0.25) is 5.02 Å². The van der Waals surface area contributed by atoms with Crippen LogP contribution < -0.4 is 0 Å². The van der Waals surface area contributed by atoms with Gasteiger partial charge in [-0.1, -0.05) is 41.9 Å². The van der Waals surface area contributed by atoms with E-state index in [1.54, 1.807) is 0 Å². The number of nitrogens with zero attached hydrogens (tertiary/aromatic N) is 1. The summed E-state index contributed by atoms with van der Waals surface area (Å²) in [6.07, 6.45) is 0.316. The normalized spacial score (nSPS) is 16.9. The van der Waals surface area contributed by atoms with Crippen LogP contribution in [-0.4, -0.2) is 26.4 Å². The fourth-order valence-corrected chi connectivity index (χ4v) is 6.52. The summed E-state index contributed by atoms with van der Waals surface area (Å²) in [4.78, 5) is 2.19. The number of hydrogen-bond donors (Lipinski definition) is 0. The topological polar surface area (TPSA) is 37.4 Å². The van der Waals surface area contributed by atoms with Gasteiger partial charge in [-0.3, -0.25) is 4.90 Å². The Balaban J connectivity index is 1.73. The van der Waals surface area contributed by atoms with Gasteiger partial charge in [0.1, 0.15) is 16.4 Å². The first-order valence-electron chi connectivity index (χ1n) is 10.0. The largest absolute Gasteiger partial charge is 0.299 e. The SMILES string of the molecule is O=S(=O)(c1ccc(Cl)cc1)C1(c2cc(F)ccc2F)CCN(Cc2ccccc2)CC1. The maximum atomic E-state index is 14.9. The van der Waals surface area contributed by atoms with Gasteiger partial charge in [0.25, 0.3) is 0 Å². The van der Waals surface area contributed by atoms with Crippen LogP contribution in [0.5, 0.6) is 0 Å². The van der Waals surface area contributed by atoms with Crippen molar-refractivity contribution in [2.45, 2.75) is 29.0 Å². The van der Waals surface area contributed by atoms with Gasteiger partial charge in [0.15, 0.2) is 9.84 Å². The highest BCUT2D eigenvalue weighted by molar-refractivity contribution is 7.92. The van der Waals surface area contributed by atoms with Gasteiger partial charge in [-0.15, -0.1) is 0 Å². The lowest BCUT2D eigenvalue weighted by Gasteiger charge is -2.41.